The van der Waals surface area contributed by atoms with E-state index in [0.717, 1.165) is 6.42 Å². The summed E-state index contributed by atoms with van der Waals surface area (Å²) < 4.78 is 1.19. The van der Waals surface area contributed by atoms with E-state index in [9.17, 15) is 0 Å². The van der Waals surface area contributed by atoms with Gasteiger partial charge in [-0.15, -0.1) is 0 Å². The van der Waals surface area contributed by atoms with Crippen LogP contribution in [0.15, 0.2) is 22.7 Å². The number of nitrogens with one attached hydrogen (secondary N) is 1. The van der Waals surface area contributed by atoms with Gasteiger partial charge < -0.3 is 0 Å². The summed E-state index contributed by atoms with van der Waals surface area (Å²) in [6, 6.07) is 6.63. The topological polar surface area (TPSA) is 38.0 Å². The summed E-state index contributed by atoms with van der Waals surface area (Å²) in [6.45, 7) is 4.38. The van der Waals surface area contributed by atoms with Gasteiger partial charge in [-0.1, -0.05) is 86.0 Å². The van der Waals surface area contributed by atoms with Gasteiger partial charge in [0.05, 0.1) is 0 Å². The van der Waals surface area contributed by atoms with Gasteiger partial charge in [0, 0.05) is 10.5 Å². The molecule has 20 heavy (non-hydrogen) atoms. The second-order valence-corrected chi connectivity index (χ2v) is 6.40. The van der Waals surface area contributed by atoms with Gasteiger partial charge in [0.25, 0.3) is 0 Å². The van der Waals surface area contributed by atoms with Crippen molar-refractivity contribution in [2.75, 3.05) is 0 Å². The lowest BCUT2D eigenvalue weighted by molar-refractivity contribution is 0.474. The molecule has 3 heteroatoms. The van der Waals surface area contributed by atoms with Crippen LogP contribution in [0.3, 0.4) is 0 Å². The monoisotopic (exact) mass is 340 g/mol. The Labute approximate surface area is 132 Å². The molecule has 0 aromatic heterocycles. The molecule has 0 bridgehead atoms. The van der Waals surface area contributed by atoms with Gasteiger partial charge in [-0.05, 0) is 24.5 Å². The molecular formula is C17H29BrN2. The summed E-state index contributed by atoms with van der Waals surface area (Å²) >= 11 is 3.68. The number of hydrogen-bond acceptors (Lipinski definition) is 2. The Morgan fingerprint density at radius 2 is 1.75 bits per heavy atom. The average Bonchev–Trinajstić information content (AvgIpc) is 2.46. The maximum absolute atomic E-state index is 5.73. The molecule has 0 heterocycles. The minimum absolute atomic E-state index is 0.250. The Morgan fingerprint density at radius 1 is 1.10 bits per heavy atom. The number of nitrogens with two attached hydrogens (primary N) is 1. The first kappa shape index (κ1) is 17.7. The molecule has 0 radical (unpaired) electrons. The van der Waals surface area contributed by atoms with Crippen LogP contribution in [0.25, 0.3) is 0 Å². The molecular weight excluding hydrogens is 312 g/mol. The highest BCUT2D eigenvalue weighted by molar-refractivity contribution is 9.10. The predicted octanol–water partition coefficient (Wildman–Crippen LogP) is 5.40. The molecule has 3 N–H and O–H groups in total. The molecule has 1 aromatic carbocycles. The van der Waals surface area contributed by atoms with Crippen molar-refractivity contribution in [2.45, 2.75) is 71.3 Å². The lowest BCUT2D eigenvalue weighted by atomic mass is 9.98. The minimum Gasteiger partial charge on any atom is -0.271 e. The molecule has 0 spiro atoms. The summed E-state index contributed by atoms with van der Waals surface area (Å²) in [7, 11) is 0. The highest BCUT2D eigenvalue weighted by atomic mass is 79.9. The number of hydrazine groups is 1. The average molecular weight is 341 g/mol. The third kappa shape index (κ3) is 5.94. The van der Waals surface area contributed by atoms with E-state index in [1.807, 2.05) is 0 Å². The van der Waals surface area contributed by atoms with Gasteiger partial charge in [0.15, 0.2) is 0 Å². The first-order chi connectivity index (χ1) is 9.70. The zero-order chi connectivity index (χ0) is 14.8. The fourth-order valence-electron chi connectivity index (χ4n) is 2.57. The smallest absolute Gasteiger partial charge is 0.0471 e. The maximum atomic E-state index is 5.73. The van der Waals surface area contributed by atoms with Crippen molar-refractivity contribution in [2.24, 2.45) is 5.84 Å². The molecule has 1 aromatic rings. The molecule has 1 rings (SSSR count). The Morgan fingerprint density at radius 3 is 2.40 bits per heavy atom. The molecule has 0 amide bonds. The van der Waals surface area contributed by atoms with Crippen LogP contribution in [-0.2, 0) is 0 Å². The van der Waals surface area contributed by atoms with Crippen molar-refractivity contribution in [1.82, 2.24) is 5.43 Å². The van der Waals surface area contributed by atoms with Crippen LogP contribution in [0, 0.1) is 6.92 Å². The predicted molar refractivity (Wildman–Crippen MR) is 91.6 cm³/mol. The molecule has 0 saturated heterocycles. The highest BCUT2D eigenvalue weighted by Gasteiger charge is 2.13. The zero-order valence-electron chi connectivity index (χ0n) is 12.9. The fourth-order valence-corrected chi connectivity index (χ4v) is 3.11. The largest absolute Gasteiger partial charge is 0.271 e. The van der Waals surface area contributed by atoms with E-state index in [0.29, 0.717) is 0 Å². The van der Waals surface area contributed by atoms with Crippen molar-refractivity contribution >= 4 is 15.9 Å². The number of aryl methyl sites for hydroxylation is 1. The second-order valence-electron chi connectivity index (χ2n) is 5.61. The van der Waals surface area contributed by atoms with Crippen LogP contribution in [0.2, 0.25) is 0 Å². The number of hydrogen-bond donors (Lipinski definition) is 2. The normalized spacial score (nSPS) is 12.6. The SMILES string of the molecule is CCCCCCCCCC(NN)c1cccc(C)c1Br. The molecule has 0 saturated carbocycles. The van der Waals surface area contributed by atoms with Gasteiger partial charge in [-0.25, -0.2) is 0 Å². The minimum atomic E-state index is 0.250. The molecule has 0 aliphatic carbocycles. The third-order valence-corrected chi connectivity index (χ3v) is 4.98. The number of benzene rings is 1. The maximum Gasteiger partial charge on any atom is 0.0471 e. The molecule has 1 atom stereocenters. The van der Waals surface area contributed by atoms with E-state index in [-0.39, 0.29) is 6.04 Å². The van der Waals surface area contributed by atoms with Gasteiger partial charge in [0.1, 0.15) is 0 Å². The number of unbranched alkanes of at least 4 members (excludes halogenated alkanes) is 6. The molecule has 0 aliphatic rings. The van der Waals surface area contributed by atoms with Crippen LogP contribution >= 0.6 is 15.9 Å². The van der Waals surface area contributed by atoms with Crippen molar-refractivity contribution < 1.29 is 0 Å². The second kappa shape index (κ2) is 10.4. The highest BCUT2D eigenvalue weighted by Crippen LogP contribution is 2.29. The Kier molecular flexibility index (Phi) is 9.16. The summed E-state index contributed by atoms with van der Waals surface area (Å²) in [5, 5.41) is 0. The molecule has 2 nitrogen and oxygen atoms in total. The van der Waals surface area contributed by atoms with Gasteiger partial charge in [0.2, 0.25) is 0 Å². The van der Waals surface area contributed by atoms with E-state index in [2.05, 4.69) is 53.4 Å². The first-order valence-corrected chi connectivity index (χ1v) is 8.71. The van der Waals surface area contributed by atoms with E-state index < -0.39 is 0 Å². The molecule has 1 unspecified atom stereocenters. The Balaban J connectivity index is 2.34. The third-order valence-electron chi connectivity index (χ3n) is 3.89. The molecule has 114 valence electrons. The van der Waals surface area contributed by atoms with Crippen LogP contribution in [-0.4, -0.2) is 0 Å². The number of rotatable bonds is 10. The van der Waals surface area contributed by atoms with Crippen molar-refractivity contribution in [3.05, 3.63) is 33.8 Å². The van der Waals surface area contributed by atoms with Gasteiger partial charge in [-0.2, -0.15) is 0 Å². The van der Waals surface area contributed by atoms with E-state index in [1.165, 1.54) is 60.5 Å². The standard InChI is InChI=1S/C17H29BrN2/c1-3-4-5-6-7-8-9-13-16(20-19)15-12-10-11-14(2)17(15)18/h10-12,16,20H,3-9,13,19H2,1-2H3. The zero-order valence-corrected chi connectivity index (χ0v) is 14.5. The van der Waals surface area contributed by atoms with Gasteiger partial charge in [-0.3, -0.25) is 11.3 Å². The van der Waals surface area contributed by atoms with Crippen LogP contribution in [0.4, 0.5) is 0 Å². The van der Waals surface area contributed by atoms with Crippen molar-refractivity contribution in [1.29, 1.82) is 0 Å². The Hall–Kier alpha value is -0.380. The summed E-state index contributed by atoms with van der Waals surface area (Å²) in [6.07, 6.45) is 10.5. The van der Waals surface area contributed by atoms with E-state index in [1.54, 1.807) is 0 Å². The van der Waals surface area contributed by atoms with Crippen molar-refractivity contribution in [3.8, 4) is 0 Å². The summed E-state index contributed by atoms with van der Waals surface area (Å²) in [5.41, 5.74) is 5.51. The fraction of sp³-hybridized carbons (Fsp3) is 0.647. The quantitative estimate of drug-likeness (QED) is 0.340. The summed E-state index contributed by atoms with van der Waals surface area (Å²) in [5.74, 6) is 5.73. The number of halogens is 1. The molecule has 0 fully saturated rings. The summed E-state index contributed by atoms with van der Waals surface area (Å²) in [4.78, 5) is 0. The van der Waals surface area contributed by atoms with Crippen LogP contribution in [0.1, 0.15) is 75.5 Å². The van der Waals surface area contributed by atoms with Gasteiger partial charge >= 0.3 is 0 Å². The van der Waals surface area contributed by atoms with E-state index >= 15 is 0 Å². The lowest BCUT2D eigenvalue weighted by Gasteiger charge is -2.18. The lowest BCUT2D eigenvalue weighted by Crippen LogP contribution is -2.28. The van der Waals surface area contributed by atoms with E-state index in [4.69, 9.17) is 5.84 Å². The van der Waals surface area contributed by atoms with Crippen LogP contribution < -0.4 is 11.3 Å². The Bertz CT molecular complexity index is 379. The van der Waals surface area contributed by atoms with Crippen LogP contribution in [0.5, 0.6) is 0 Å². The first-order valence-electron chi connectivity index (χ1n) is 7.91. The van der Waals surface area contributed by atoms with Crippen molar-refractivity contribution in [3.63, 3.8) is 0 Å². The molecule has 0 aliphatic heterocycles.